The Bertz CT molecular complexity index is 880. The number of nitrogens with two attached hydrogens (primary N) is 1. The zero-order valence-corrected chi connectivity index (χ0v) is 15.3. The number of nitriles is 1. The first-order valence-electron chi connectivity index (χ1n) is 8.38. The van der Waals surface area contributed by atoms with Crippen molar-refractivity contribution in [1.29, 1.82) is 5.26 Å². The summed E-state index contributed by atoms with van der Waals surface area (Å²) in [5.74, 6) is 0.512. The third-order valence-corrected chi connectivity index (χ3v) is 4.85. The second-order valence-electron chi connectivity index (χ2n) is 5.74. The minimum Gasteiger partial charge on any atom is -0.399 e. The van der Waals surface area contributed by atoms with Gasteiger partial charge in [-0.1, -0.05) is 30.8 Å². The summed E-state index contributed by atoms with van der Waals surface area (Å²) in [6.07, 6.45) is 3.40. The van der Waals surface area contributed by atoms with Gasteiger partial charge in [-0.3, -0.25) is 0 Å². The average molecular weight is 364 g/mol. The molecule has 3 rings (SSSR count). The molecule has 132 valence electrons. The van der Waals surface area contributed by atoms with E-state index in [-0.39, 0.29) is 0 Å². The number of rotatable bonds is 6. The molecule has 2 aromatic rings. The van der Waals surface area contributed by atoms with E-state index in [0.29, 0.717) is 23.8 Å². The van der Waals surface area contributed by atoms with E-state index >= 15 is 0 Å². The van der Waals surface area contributed by atoms with E-state index in [1.165, 1.54) is 17.3 Å². The summed E-state index contributed by atoms with van der Waals surface area (Å²) in [7, 11) is 0. The lowest BCUT2D eigenvalue weighted by molar-refractivity contribution is 0.949. The van der Waals surface area contributed by atoms with E-state index in [4.69, 9.17) is 5.73 Å². The van der Waals surface area contributed by atoms with Gasteiger partial charge in [-0.15, -0.1) is 0 Å². The van der Waals surface area contributed by atoms with Gasteiger partial charge in [-0.2, -0.15) is 5.26 Å². The Morgan fingerprint density at radius 2 is 2.12 bits per heavy atom. The fourth-order valence-corrected chi connectivity index (χ4v) is 3.38. The summed E-state index contributed by atoms with van der Waals surface area (Å²) in [6.45, 7) is 2.77. The highest BCUT2D eigenvalue weighted by Gasteiger charge is 2.16. The van der Waals surface area contributed by atoms with Crippen LogP contribution in [0.3, 0.4) is 0 Å². The Kier molecular flexibility index (Phi) is 5.77. The summed E-state index contributed by atoms with van der Waals surface area (Å²) in [6, 6.07) is 11.8. The standard InChI is InChI=1S/C19H20N6S/c1-2-15-12-26-18(24-15)16(11-20)17-8-10-23-19(25-17)22-9-7-13-3-5-14(21)6-4-13/h3-6,8,10,12,24H,2,7,9,21H2,1H3,(H,22,23,25). The van der Waals surface area contributed by atoms with Crippen LogP contribution in [-0.2, 0) is 6.42 Å². The fourth-order valence-electron chi connectivity index (χ4n) is 2.44. The van der Waals surface area contributed by atoms with Crippen LogP contribution in [0.15, 0.2) is 52.7 Å². The topological polar surface area (TPSA) is 99.7 Å². The zero-order valence-electron chi connectivity index (χ0n) is 14.5. The molecule has 0 radical (unpaired) electrons. The third-order valence-electron chi connectivity index (χ3n) is 3.90. The predicted octanol–water partition coefficient (Wildman–Crippen LogP) is 3.49. The normalized spacial score (nSPS) is 15.0. The van der Waals surface area contributed by atoms with Crippen LogP contribution in [0.5, 0.6) is 0 Å². The third kappa shape index (κ3) is 4.35. The van der Waals surface area contributed by atoms with Gasteiger partial charge in [0.2, 0.25) is 5.95 Å². The molecule has 0 bridgehead atoms. The lowest BCUT2D eigenvalue weighted by Crippen LogP contribution is -2.10. The minimum atomic E-state index is 0.512. The maximum absolute atomic E-state index is 9.56. The molecule has 7 heteroatoms. The van der Waals surface area contributed by atoms with Crippen LogP contribution >= 0.6 is 11.8 Å². The van der Waals surface area contributed by atoms with Crippen LogP contribution in [-0.4, -0.2) is 16.5 Å². The fraction of sp³-hybridized carbons (Fsp3) is 0.211. The summed E-state index contributed by atoms with van der Waals surface area (Å²) < 4.78 is 0. The summed E-state index contributed by atoms with van der Waals surface area (Å²) in [4.78, 5) is 8.73. The van der Waals surface area contributed by atoms with Crippen molar-refractivity contribution in [3.05, 3.63) is 63.9 Å². The molecular weight excluding hydrogens is 344 g/mol. The summed E-state index contributed by atoms with van der Waals surface area (Å²) >= 11 is 1.52. The van der Waals surface area contributed by atoms with Gasteiger partial charge in [0.1, 0.15) is 11.6 Å². The number of thioether (sulfide) groups is 1. The van der Waals surface area contributed by atoms with Crippen molar-refractivity contribution in [3.63, 3.8) is 0 Å². The van der Waals surface area contributed by atoms with E-state index < -0.39 is 0 Å². The first-order valence-corrected chi connectivity index (χ1v) is 9.26. The van der Waals surface area contributed by atoms with Gasteiger partial charge in [-0.05, 0) is 42.0 Å². The number of hydrogen-bond acceptors (Lipinski definition) is 7. The van der Waals surface area contributed by atoms with E-state index in [1.54, 1.807) is 12.3 Å². The molecule has 1 aliphatic rings. The Morgan fingerprint density at radius 3 is 2.81 bits per heavy atom. The van der Waals surface area contributed by atoms with E-state index in [1.807, 2.05) is 29.7 Å². The molecule has 26 heavy (non-hydrogen) atoms. The number of hydrogen-bond donors (Lipinski definition) is 3. The van der Waals surface area contributed by atoms with Crippen LogP contribution in [0.25, 0.3) is 5.57 Å². The smallest absolute Gasteiger partial charge is 0.223 e. The Morgan fingerprint density at radius 1 is 1.31 bits per heavy atom. The van der Waals surface area contributed by atoms with Crippen molar-refractivity contribution in [2.75, 3.05) is 17.6 Å². The molecule has 6 nitrogen and oxygen atoms in total. The Hall–Kier alpha value is -2.98. The number of anilines is 2. The zero-order chi connectivity index (χ0) is 18.4. The van der Waals surface area contributed by atoms with Crippen molar-refractivity contribution in [3.8, 4) is 6.07 Å². The number of benzene rings is 1. The molecule has 1 aromatic heterocycles. The molecule has 4 N–H and O–H groups in total. The molecule has 1 aliphatic heterocycles. The van der Waals surface area contributed by atoms with Crippen molar-refractivity contribution >= 4 is 29.0 Å². The van der Waals surface area contributed by atoms with Crippen molar-refractivity contribution in [1.82, 2.24) is 15.3 Å². The Labute approximate surface area is 157 Å². The highest BCUT2D eigenvalue weighted by atomic mass is 32.2. The number of nitrogens with one attached hydrogen (secondary N) is 2. The largest absolute Gasteiger partial charge is 0.399 e. The number of aromatic nitrogens is 2. The van der Waals surface area contributed by atoms with Crippen LogP contribution < -0.4 is 16.4 Å². The highest BCUT2D eigenvalue weighted by Crippen LogP contribution is 2.31. The van der Waals surface area contributed by atoms with E-state index in [9.17, 15) is 5.26 Å². The van der Waals surface area contributed by atoms with Crippen LogP contribution in [0, 0.1) is 11.3 Å². The highest BCUT2D eigenvalue weighted by molar-refractivity contribution is 8.06. The average Bonchev–Trinajstić information content (AvgIpc) is 3.13. The molecule has 2 heterocycles. The van der Waals surface area contributed by atoms with Gasteiger partial charge in [-0.25, -0.2) is 9.97 Å². The SMILES string of the molecule is CCC1=CSC(=C(C#N)c2ccnc(NCCc3ccc(N)cc3)n2)N1. The molecule has 0 unspecified atom stereocenters. The first-order chi connectivity index (χ1) is 12.7. The first kappa shape index (κ1) is 17.8. The van der Waals surface area contributed by atoms with Gasteiger partial charge in [0.15, 0.2) is 0 Å². The van der Waals surface area contributed by atoms with Gasteiger partial charge in [0.25, 0.3) is 0 Å². The summed E-state index contributed by atoms with van der Waals surface area (Å²) in [5, 5.41) is 18.9. The van der Waals surface area contributed by atoms with Crippen molar-refractivity contribution in [2.24, 2.45) is 0 Å². The molecule has 0 saturated carbocycles. The maximum Gasteiger partial charge on any atom is 0.223 e. The van der Waals surface area contributed by atoms with E-state index in [2.05, 4.69) is 33.6 Å². The lowest BCUT2D eigenvalue weighted by Gasteiger charge is -2.08. The lowest BCUT2D eigenvalue weighted by atomic mass is 10.1. The molecular formula is C19H20N6S. The van der Waals surface area contributed by atoms with Crippen molar-refractivity contribution < 1.29 is 0 Å². The molecule has 0 aliphatic carbocycles. The molecule has 1 aromatic carbocycles. The Balaban J connectivity index is 1.67. The van der Waals surface area contributed by atoms with Gasteiger partial charge in [0.05, 0.1) is 10.7 Å². The quantitative estimate of drug-likeness (QED) is 0.533. The number of nitrogens with zero attached hydrogens (tertiary/aromatic N) is 3. The molecule has 0 amide bonds. The number of allylic oxidation sites excluding steroid dienone is 2. The van der Waals surface area contributed by atoms with Crippen molar-refractivity contribution in [2.45, 2.75) is 19.8 Å². The molecule has 0 saturated heterocycles. The maximum atomic E-state index is 9.56. The molecule has 0 spiro atoms. The van der Waals surface area contributed by atoms with Crippen LogP contribution in [0.4, 0.5) is 11.6 Å². The number of nitrogen functional groups attached to an aromatic ring is 1. The summed E-state index contributed by atoms with van der Waals surface area (Å²) in [5.41, 5.74) is 9.88. The van der Waals surface area contributed by atoms with Gasteiger partial charge < -0.3 is 16.4 Å². The predicted molar refractivity (Wildman–Crippen MR) is 107 cm³/mol. The monoisotopic (exact) mass is 364 g/mol. The van der Waals surface area contributed by atoms with Crippen LogP contribution in [0.2, 0.25) is 0 Å². The second kappa shape index (κ2) is 8.41. The second-order valence-corrected chi connectivity index (χ2v) is 6.62. The van der Waals surface area contributed by atoms with Crippen LogP contribution in [0.1, 0.15) is 24.6 Å². The minimum absolute atomic E-state index is 0.512. The van der Waals surface area contributed by atoms with E-state index in [0.717, 1.165) is 29.3 Å². The molecule has 0 atom stereocenters. The van der Waals surface area contributed by atoms with Gasteiger partial charge in [0, 0.05) is 24.1 Å². The molecule has 0 fully saturated rings. The van der Waals surface area contributed by atoms with Gasteiger partial charge >= 0.3 is 0 Å².